The van der Waals surface area contributed by atoms with E-state index in [2.05, 4.69) is 10.0 Å². The fraction of sp³-hybridized carbons (Fsp3) is 0.290. The molecule has 0 aliphatic heterocycles. The molecular formula is C31H32F3N3O5S. The zero-order valence-electron chi connectivity index (χ0n) is 24.1. The Labute approximate surface area is 247 Å². The molecule has 2 amide bonds. The molecule has 43 heavy (non-hydrogen) atoms. The van der Waals surface area contributed by atoms with Gasteiger partial charge in [-0.15, -0.1) is 0 Å². The van der Waals surface area contributed by atoms with Crippen LogP contribution in [0.3, 0.4) is 0 Å². The van der Waals surface area contributed by atoms with Crippen molar-refractivity contribution in [2.24, 2.45) is 13.0 Å². The van der Waals surface area contributed by atoms with Crippen molar-refractivity contribution >= 4 is 32.7 Å². The van der Waals surface area contributed by atoms with Crippen molar-refractivity contribution in [2.45, 2.75) is 37.8 Å². The van der Waals surface area contributed by atoms with Gasteiger partial charge in [-0.25, -0.2) is 13.1 Å². The fourth-order valence-corrected chi connectivity index (χ4v) is 6.14. The maximum atomic E-state index is 12.9. The van der Waals surface area contributed by atoms with Crippen LogP contribution >= 0.6 is 0 Å². The minimum absolute atomic E-state index is 0.00626. The highest BCUT2D eigenvalue weighted by Crippen LogP contribution is 2.29. The summed E-state index contributed by atoms with van der Waals surface area (Å²) in [7, 11) is -0.801. The molecule has 2 N–H and O–H groups in total. The van der Waals surface area contributed by atoms with Crippen LogP contribution in [-0.4, -0.2) is 44.6 Å². The highest BCUT2D eigenvalue weighted by Gasteiger charge is 2.30. The molecule has 4 rings (SSSR count). The van der Waals surface area contributed by atoms with Crippen molar-refractivity contribution < 1.29 is 35.9 Å². The molecule has 4 aromatic rings. The topological polar surface area (TPSA) is 106 Å². The Morgan fingerprint density at radius 1 is 0.977 bits per heavy atom. The van der Waals surface area contributed by atoms with Gasteiger partial charge in [0.15, 0.2) is 0 Å². The number of alkyl halides is 3. The number of methoxy groups -OCH3 is 1. The maximum absolute atomic E-state index is 12.9. The van der Waals surface area contributed by atoms with Gasteiger partial charge in [0.2, 0.25) is 0 Å². The Morgan fingerprint density at radius 3 is 2.33 bits per heavy atom. The van der Waals surface area contributed by atoms with Gasteiger partial charge in [0.25, 0.3) is 21.8 Å². The van der Waals surface area contributed by atoms with Gasteiger partial charge in [0.05, 0.1) is 12.0 Å². The molecule has 8 nitrogen and oxygen atoms in total. The molecule has 0 bridgehead atoms. The molecule has 3 aromatic carbocycles. The summed E-state index contributed by atoms with van der Waals surface area (Å²) >= 11 is 0. The number of carbonyl (C=O) groups is 2. The van der Waals surface area contributed by atoms with Gasteiger partial charge in [-0.2, -0.15) is 13.2 Å². The molecule has 0 radical (unpaired) electrons. The van der Waals surface area contributed by atoms with Crippen molar-refractivity contribution in [3.05, 3.63) is 94.7 Å². The van der Waals surface area contributed by atoms with Crippen LogP contribution in [0.5, 0.6) is 5.75 Å². The summed E-state index contributed by atoms with van der Waals surface area (Å²) in [4.78, 5) is 25.6. The number of aromatic nitrogens is 1. The summed E-state index contributed by atoms with van der Waals surface area (Å²) in [5.74, 6) is -1.68. The molecule has 1 heterocycles. The molecule has 0 saturated heterocycles. The van der Waals surface area contributed by atoms with Crippen molar-refractivity contribution in [3.63, 3.8) is 0 Å². The predicted molar refractivity (Wildman–Crippen MR) is 157 cm³/mol. The second kappa shape index (κ2) is 12.5. The number of halogens is 3. The highest BCUT2D eigenvalue weighted by atomic mass is 32.2. The van der Waals surface area contributed by atoms with Gasteiger partial charge in [0, 0.05) is 54.7 Å². The number of hydrogen-bond acceptors (Lipinski definition) is 5. The van der Waals surface area contributed by atoms with Crippen molar-refractivity contribution in [3.8, 4) is 5.75 Å². The van der Waals surface area contributed by atoms with E-state index in [0.29, 0.717) is 28.9 Å². The van der Waals surface area contributed by atoms with Crippen LogP contribution in [0.25, 0.3) is 10.9 Å². The van der Waals surface area contributed by atoms with Crippen molar-refractivity contribution in [2.75, 3.05) is 13.7 Å². The average Bonchev–Trinajstić information content (AvgIpc) is 3.24. The Kier molecular flexibility index (Phi) is 9.19. The molecule has 1 aromatic heterocycles. The van der Waals surface area contributed by atoms with E-state index in [1.807, 2.05) is 17.8 Å². The smallest absolute Gasteiger partial charge is 0.389 e. The number of rotatable bonds is 10. The first-order valence-electron chi connectivity index (χ1n) is 13.4. The molecule has 1 atom stereocenters. The third-order valence-electron chi connectivity index (χ3n) is 7.07. The molecule has 12 heteroatoms. The predicted octanol–water partition coefficient (Wildman–Crippen LogP) is 5.52. The van der Waals surface area contributed by atoms with E-state index in [1.54, 1.807) is 49.4 Å². The first kappa shape index (κ1) is 31.6. The monoisotopic (exact) mass is 615 g/mol. The van der Waals surface area contributed by atoms with Crippen molar-refractivity contribution in [1.82, 2.24) is 14.6 Å². The second-order valence-electron chi connectivity index (χ2n) is 10.5. The zero-order chi connectivity index (χ0) is 31.5. The van der Waals surface area contributed by atoms with Crippen LogP contribution in [-0.2, 0) is 23.5 Å². The Hall–Kier alpha value is -4.32. The van der Waals surface area contributed by atoms with E-state index in [-0.39, 0.29) is 17.0 Å². The quantitative estimate of drug-likeness (QED) is 0.244. The lowest BCUT2D eigenvalue weighted by atomic mass is 10.0. The molecule has 0 spiro atoms. The number of carbonyl (C=O) groups excluding carboxylic acids is 2. The summed E-state index contributed by atoms with van der Waals surface area (Å²) in [5, 5.41) is 3.35. The minimum Gasteiger partial charge on any atom is -0.496 e. The first-order chi connectivity index (χ1) is 20.2. The average molecular weight is 616 g/mol. The van der Waals surface area contributed by atoms with Gasteiger partial charge in [-0.05, 0) is 65.9 Å². The highest BCUT2D eigenvalue weighted by molar-refractivity contribution is 7.90. The minimum atomic E-state index is -4.30. The number of aryl methyl sites for hydroxylation is 2. The van der Waals surface area contributed by atoms with E-state index >= 15 is 0 Å². The molecular weight excluding hydrogens is 583 g/mol. The number of sulfonamides is 1. The summed E-state index contributed by atoms with van der Waals surface area (Å²) in [5.41, 5.74) is 3.30. The molecule has 0 unspecified atom stereocenters. The second-order valence-corrected chi connectivity index (χ2v) is 12.2. The number of hydrogen-bond donors (Lipinski definition) is 2. The van der Waals surface area contributed by atoms with E-state index in [0.717, 1.165) is 16.5 Å². The van der Waals surface area contributed by atoms with Gasteiger partial charge in [-0.3, -0.25) is 9.59 Å². The zero-order valence-corrected chi connectivity index (χ0v) is 24.9. The lowest BCUT2D eigenvalue weighted by molar-refractivity contribution is -0.142. The third kappa shape index (κ3) is 7.56. The first-order valence-corrected chi connectivity index (χ1v) is 14.9. The normalized spacial score (nSPS) is 12.6. The van der Waals surface area contributed by atoms with E-state index in [4.69, 9.17) is 4.74 Å². The number of nitrogens with zero attached hydrogens (tertiary/aromatic N) is 1. The van der Waals surface area contributed by atoms with Crippen LogP contribution in [0.2, 0.25) is 0 Å². The van der Waals surface area contributed by atoms with Crippen LogP contribution in [0.15, 0.2) is 71.8 Å². The van der Waals surface area contributed by atoms with Crippen LogP contribution in [0, 0.1) is 12.8 Å². The molecule has 228 valence electrons. The third-order valence-corrected chi connectivity index (χ3v) is 8.56. The number of nitrogens with one attached hydrogen (secondary N) is 2. The SMILES string of the molecule is COc1cc(C(=O)NS(=O)(=O)c2ccccc2C)ccc1Cc1cn(C)c2ccc(C(=O)NC[C@H](C)CC(F)(F)F)cc12. The summed E-state index contributed by atoms with van der Waals surface area (Å²) in [6, 6.07) is 16.1. The van der Waals surface area contributed by atoms with E-state index in [1.165, 1.54) is 32.2 Å². The van der Waals surface area contributed by atoms with Crippen molar-refractivity contribution in [1.29, 1.82) is 0 Å². The Balaban J connectivity index is 1.54. The number of ether oxygens (including phenoxy) is 1. The number of amides is 2. The lowest BCUT2D eigenvalue weighted by Gasteiger charge is -2.15. The van der Waals surface area contributed by atoms with Gasteiger partial charge >= 0.3 is 6.18 Å². The Bertz CT molecular complexity index is 1780. The van der Waals surface area contributed by atoms with Gasteiger partial charge in [0.1, 0.15) is 5.75 Å². The standard InChI is InChI=1S/C31H32F3N3O5S/c1-19(16-31(32,33)34)17-35-29(38)22-11-12-26-25(14-22)24(18-37(26)3)13-21-9-10-23(15-27(21)42-4)30(39)36-43(40,41)28-8-6-5-7-20(28)2/h5-12,14-15,18-19H,13,16-17H2,1-4H3,(H,35,38)(H,36,39)/t19-/m1/s1. The van der Waals surface area contributed by atoms with E-state index < -0.39 is 40.4 Å². The summed E-state index contributed by atoms with van der Waals surface area (Å²) < 4.78 is 73.0. The molecule has 0 saturated carbocycles. The number of fused-ring (bicyclic) bond motifs is 1. The molecule has 0 aliphatic carbocycles. The largest absolute Gasteiger partial charge is 0.496 e. The Morgan fingerprint density at radius 2 is 1.65 bits per heavy atom. The molecule has 0 aliphatic rings. The maximum Gasteiger partial charge on any atom is 0.389 e. The summed E-state index contributed by atoms with van der Waals surface area (Å²) in [6.07, 6.45) is -3.03. The van der Waals surface area contributed by atoms with Gasteiger partial charge < -0.3 is 14.6 Å². The lowest BCUT2D eigenvalue weighted by Crippen LogP contribution is -2.31. The van der Waals surface area contributed by atoms with Crippen LogP contribution in [0.4, 0.5) is 13.2 Å². The van der Waals surface area contributed by atoms with Gasteiger partial charge in [-0.1, -0.05) is 31.2 Å². The van der Waals surface area contributed by atoms with E-state index in [9.17, 15) is 31.2 Å². The molecule has 0 fully saturated rings. The van der Waals surface area contributed by atoms with Crippen LogP contribution < -0.4 is 14.8 Å². The number of benzene rings is 3. The van der Waals surface area contributed by atoms with Crippen LogP contribution in [0.1, 0.15) is 50.8 Å². The fourth-order valence-electron chi connectivity index (χ4n) is 4.92. The summed E-state index contributed by atoms with van der Waals surface area (Å²) in [6.45, 7) is 2.96.